The minimum atomic E-state index is -1.76. The first-order chi connectivity index (χ1) is 8.84. The molecule has 0 heterocycles. The van der Waals surface area contributed by atoms with Gasteiger partial charge in [0.1, 0.15) is 17.2 Å². The maximum absolute atomic E-state index is 13.8. The van der Waals surface area contributed by atoms with Gasteiger partial charge >= 0.3 is 0 Å². The van der Waals surface area contributed by atoms with Gasteiger partial charge in [0.05, 0.1) is 5.02 Å². The van der Waals surface area contributed by atoms with E-state index in [1.54, 1.807) is 6.07 Å². The predicted octanol–water partition coefficient (Wildman–Crippen LogP) is 4.53. The Morgan fingerprint density at radius 2 is 1.58 bits per heavy atom. The Morgan fingerprint density at radius 3 is 2.21 bits per heavy atom. The Morgan fingerprint density at radius 1 is 0.947 bits per heavy atom. The Kier molecular flexibility index (Phi) is 3.81. The molecule has 0 spiro atoms. The van der Waals surface area contributed by atoms with Crippen LogP contribution in [0.15, 0.2) is 36.4 Å². The summed E-state index contributed by atoms with van der Waals surface area (Å²) < 4.78 is 27.3. The van der Waals surface area contributed by atoms with Crippen molar-refractivity contribution in [1.29, 1.82) is 0 Å². The van der Waals surface area contributed by atoms with Crippen LogP contribution < -0.4 is 0 Å². The zero-order chi connectivity index (χ0) is 14.2. The number of rotatable bonds is 2. The van der Waals surface area contributed by atoms with Gasteiger partial charge in [0.2, 0.25) is 0 Å². The first-order valence-corrected chi connectivity index (χ1v) is 6.22. The number of halogens is 4. The van der Waals surface area contributed by atoms with Crippen molar-refractivity contribution in [1.82, 2.24) is 0 Å². The fraction of sp³-hybridized carbons (Fsp3) is 0.143. The topological polar surface area (TPSA) is 20.2 Å². The van der Waals surface area contributed by atoms with Crippen molar-refractivity contribution >= 4 is 23.2 Å². The molecule has 2 aromatic rings. The minimum absolute atomic E-state index is 0.0126. The third-order valence-corrected chi connectivity index (χ3v) is 3.54. The molecule has 0 aliphatic rings. The van der Waals surface area contributed by atoms with Crippen molar-refractivity contribution in [3.8, 4) is 0 Å². The van der Waals surface area contributed by atoms with E-state index >= 15 is 0 Å². The van der Waals surface area contributed by atoms with Crippen molar-refractivity contribution in [2.45, 2.75) is 12.5 Å². The Hall–Kier alpha value is -1.16. The van der Waals surface area contributed by atoms with Gasteiger partial charge in [-0.15, -0.1) is 0 Å². The summed E-state index contributed by atoms with van der Waals surface area (Å²) in [5, 5.41) is 10.4. The quantitative estimate of drug-likeness (QED) is 0.808. The number of hydrogen-bond acceptors (Lipinski definition) is 1. The molecule has 1 nitrogen and oxygen atoms in total. The van der Waals surface area contributed by atoms with E-state index in [1.807, 2.05) is 0 Å². The van der Waals surface area contributed by atoms with Crippen LogP contribution in [0.2, 0.25) is 10.0 Å². The lowest BCUT2D eigenvalue weighted by Crippen LogP contribution is -2.25. The summed E-state index contributed by atoms with van der Waals surface area (Å²) in [5.41, 5.74) is -1.69. The summed E-state index contributed by atoms with van der Waals surface area (Å²) in [7, 11) is 0. The van der Waals surface area contributed by atoms with Crippen molar-refractivity contribution in [3.63, 3.8) is 0 Å². The Labute approximate surface area is 119 Å². The molecule has 100 valence electrons. The van der Waals surface area contributed by atoms with Crippen LogP contribution in [-0.2, 0) is 5.60 Å². The predicted molar refractivity (Wildman–Crippen MR) is 71.5 cm³/mol. The molecule has 0 aliphatic carbocycles. The van der Waals surface area contributed by atoms with E-state index < -0.39 is 17.2 Å². The van der Waals surface area contributed by atoms with Crippen molar-refractivity contribution in [3.05, 3.63) is 69.2 Å². The molecule has 19 heavy (non-hydrogen) atoms. The summed E-state index contributed by atoms with van der Waals surface area (Å²) in [5.74, 6) is -1.32. The molecule has 5 heteroatoms. The van der Waals surface area contributed by atoms with E-state index in [0.29, 0.717) is 0 Å². The third kappa shape index (κ3) is 2.59. The highest BCUT2D eigenvalue weighted by Crippen LogP contribution is 2.37. The smallest absolute Gasteiger partial charge is 0.142 e. The van der Waals surface area contributed by atoms with Crippen LogP contribution in [-0.4, -0.2) is 5.11 Å². The molecule has 0 radical (unpaired) electrons. The minimum Gasteiger partial charge on any atom is -0.381 e. The van der Waals surface area contributed by atoms with E-state index in [1.165, 1.54) is 31.2 Å². The molecule has 0 saturated carbocycles. The molecule has 1 N–H and O–H groups in total. The van der Waals surface area contributed by atoms with Gasteiger partial charge in [-0.1, -0.05) is 41.4 Å². The molecule has 0 bridgehead atoms. The van der Waals surface area contributed by atoms with Crippen molar-refractivity contribution in [2.24, 2.45) is 0 Å². The molecule has 0 aliphatic heterocycles. The molecular formula is C14H10Cl2F2O. The molecule has 2 aromatic carbocycles. The van der Waals surface area contributed by atoms with E-state index in [9.17, 15) is 13.9 Å². The lowest BCUT2D eigenvalue weighted by atomic mass is 9.88. The van der Waals surface area contributed by atoms with Crippen LogP contribution in [0.4, 0.5) is 8.78 Å². The van der Waals surface area contributed by atoms with Gasteiger partial charge in [-0.25, -0.2) is 8.78 Å². The SMILES string of the molecule is CC(O)(c1ccccc1F)c1cc(F)c(Cl)cc1Cl. The van der Waals surface area contributed by atoms with Crippen LogP contribution in [0, 0.1) is 11.6 Å². The largest absolute Gasteiger partial charge is 0.381 e. The number of benzene rings is 2. The lowest BCUT2D eigenvalue weighted by Gasteiger charge is -2.26. The van der Waals surface area contributed by atoms with Gasteiger partial charge < -0.3 is 5.11 Å². The van der Waals surface area contributed by atoms with Gasteiger partial charge in [0, 0.05) is 16.1 Å². The van der Waals surface area contributed by atoms with Gasteiger partial charge in [-0.2, -0.15) is 0 Å². The monoisotopic (exact) mass is 302 g/mol. The van der Waals surface area contributed by atoms with E-state index in [-0.39, 0.29) is 21.2 Å². The van der Waals surface area contributed by atoms with Gasteiger partial charge in [-0.05, 0) is 25.1 Å². The lowest BCUT2D eigenvalue weighted by molar-refractivity contribution is 0.0977. The van der Waals surface area contributed by atoms with E-state index in [0.717, 1.165) is 6.07 Å². The summed E-state index contributed by atoms with van der Waals surface area (Å²) in [6, 6.07) is 7.90. The molecule has 0 amide bonds. The van der Waals surface area contributed by atoms with Crippen LogP contribution in [0.5, 0.6) is 0 Å². The van der Waals surface area contributed by atoms with Gasteiger partial charge in [0.15, 0.2) is 0 Å². The van der Waals surface area contributed by atoms with Crippen LogP contribution >= 0.6 is 23.2 Å². The maximum atomic E-state index is 13.8. The van der Waals surface area contributed by atoms with Crippen LogP contribution in [0.25, 0.3) is 0 Å². The van der Waals surface area contributed by atoms with Crippen molar-refractivity contribution in [2.75, 3.05) is 0 Å². The van der Waals surface area contributed by atoms with Gasteiger partial charge in [-0.3, -0.25) is 0 Å². The number of aliphatic hydroxyl groups is 1. The fourth-order valence-corrected chi connectivity index (χ4v) is 2.46. The van der Waals surface area contributed by atoms with Crippen LogP contribution in [0.1, 0.15) is 18.1 Å². The third-order valence-electron chi connectivity index (χ3n) is 2.93. The maximum Gasteiger partial charge on any atom is 0.142 e. The average molecular weight is 303 g/mol. The highest BCUT2D eigenvalue weighted by molar-refractivity contribution is 6.35. The average Bonchev–Trinajstić information content (AvgIpc) is 2.34. The molecule has 0 fully saturated rings. The van der Waals surface area contributed by atoms with E-state index in [2.05, 4.69) is 0 Å². The highest BCUT2D eigenvalue weighted by Gasteiger charge is 2.31. The normalized spacial score (nSPS) is 14.2. The number of hydrogen-bond donors (Lipinski definition) is 1. The van der Waals surface area contributed by atoms with Crippen molar-refractivity contribution < 1.29 is 13.9 Å². The standard InChI is InChI=1S/C14H10Cl2F2O/c1-14(19,8-4-2-3-5-12(8)17)9-6-13(18)11(16)7-10(9)15/h2-7,19H,1H3. The highest BCUT2D eigenvalue weighted by atomic mass is 35.5. The molecule has 0 aromatic heterocycles. The molecule has 0 saturated heterocycles. The van der Waals surface area contributed by atoms with Gasteiger partial charge in [0.25, 0.3) is 0 Å². The van der Waals surface area contributed by atoms with E-state index in [4.69, 9.17) is 23.2 Å². The first kappa shape index (κ1) is 14.3. The molecular weight excluding hydrogens is 293 g/mol. The fourth-order valence-electron chi connectivity index (χ4n) is 1.90. The Bertz CT molecular complexity index is 627. The Balaban J connectivity index is 2.63. The second-order valence-corrected chi connectivity index (χ2v) is 5.11. The summed E-state index contributed by atoms with van der Waals surface area (Å²) in [4.78, 5) is 0. The molecule has 2 rings (SSSR count). The molecule has 1 unspecified atom stereocenters. The molecule has 1 atom stereocenters. The zero-order valence-corrected chi connectivity index (χ0v) is 11.4. The zero-order valence-electron chi connectivity index (χ0n) is 9.92. The second-order valence-electron chi connectivity index (χ2n) is 4.30. The second kappa shape index (κ2) is 5.08. The summed E-state index contributed by atoms with van der Waals surface area (Å²) in [6.07, 6.45) is 0. The first-order valence-electron chi connectivity index (χ1n) is 5.46. The summed E-state index contributed by atoms with van der Waals surface area (Å²) in [6.45, 7) is 1.35. The van der Waals surface area contributed by atoms with Crippen LogP contribution in [0.3, 0.4) is 0 Å². The summed E-state index contributed by atoms with van der Waals surface area (Å²) >= 11 is 11.6.